The summed E-state index contributed by atoms with van der Waals surface area (Å²) in [5, 5.41) is 55.5. The first-order valence-electron chi connectivity index (χ1n) is 20.2. The molecule has 364 valence electrons. The van der Waals surface area contributed by atoms with Gasteiger partial charge in [0.2, 0.25) is 59.1 Å². The van der Waals surface area contributed by atoms with Gasteiger partial charge in [-0.2, -0.15) is 0 Å². The SMILES string of the molecule is CC(C)[C@H](NC(=O)CN)C(=O)N[C@@H](CC(N)=O)C(=O)NCC(=O)N[C@@H](CCC(=O)O)C(=O)N[C@@H](CCC(=O)O)C(=O)NCC(=O)N[C@H](C(=O)N1C[C@H](O)C[C@H]1C(=O)NCC(=O)O)C(C)C. The number of carbonyl (C=O) groups excluding carboxylic acids is 10. The molecule has 1 fully saturated rings. The number of nitrogens with two attached hydrogens (primary N) is 2. The highest BCUT2D eigenvalue weighted by molar-refractivity contribution is 5.98. The molecule has 1 aliphatic rings. The zero-order valence-electron chi connectivity index (χ0n) is 36.2. The topological polar surface area (TPSA) is 454 Å². The molecule has 0 aromatic carbocycles. The maximum absolute atomic E-state index is 13.5. The van der Waals surface area contributed by atoms with E-state index >= 15 is 0 Å². The van der Waals surface area contributed by atoms with E-state index in [9.17, 15) is 77.6 Å². The summed E-state index contributed by atoms with van der Waals surface area (Å²) < 4.78 is 0. The molecule has 1 aliphatic heterocycles. The van der Waals surface area contributed by atoms with E-state index in [1.807, 2.05) is 0 Å². The fraction of sp³-hybridized carbons (Fsp3) is 0.649. The van der Waals surface area contributed by atoms with E-state index in [0.29, 0.717) is 0 Å². The molecule has 16 N–H and O–H groups in total. The molecule has 7 atom stereocenters. The van der Waals surface area contributed by atoms with Gasteiger partial charge >= 0.3 is 17.9 Å². The Kier molecular flexibility index (Phi) is 23.5. The second-order valence-corrected chi connectivity index (χ2v) is 15.5. The van der Waals surface area contributed by atoms with Crippen LogP contribution in [0.15, 0.2) is 0 Å². The predicted molar refractivity (Wildman–Crippen MR) is 219 cm³/mol. The third-order valence-corrected chi connectivity index (χ3v) is 9.44. The minimum absolute atomic E-state index is 0.216. The van der Waals surface area contributed by atoms with E-state index in [0.717, 1.165) is 4.90 Å². The average molecular weight is 930 g/mol. The Hall–Kier alpha value is -6.97. The van der Waals surface area contributed by atoms with Crippen molar-refractivity contribution in [1.29, 1.82) is 0 Å². The van der Waals surface area contributed by atoms with Gasteiger partial charge in [0, 0.05) is 25.8 Å². The van der Waals surface area contributed by atoms with E-state index in [-0.39, 0.29) is 13.0 Å². The number of nitrogens with one attached hydrogen (secondary N) is 8. The average Bonchev–Trinajstić information content (AvgIpc) is 3.62. The van der Waals surface area contributed by atoms with Crippen LogP contribution in [-0.4, -0.2) is 177 Å². The summed E-state index contributed by atoms with van der Waals surface area (Å²) in [5.74, 6) is -15.1. The number of carbonyl (C=O) groups is 13. The van der Waals surface area contributed by atoms with Crippen LogP contribution >= 0.6 is 0 Å². The lowest BCUT2D eigenvalue weighted by atomic mass is 10.0. The summed E-state index contributed by atoms with van der Waals surface area (Å²) in [5.41, 5.74) is 10.5. The fourth-order valence-corrected chi connectivity index (χ4v) is 6.11. The molecule has 0 bridgehead atoms. The van der Waals surface area contributed by atoms with Crippen LogP contribution in [0.3, 0.4) is 0 Å². The molecule has 28 nitrogen and oxygen atoms in total. The number of aliphatic hydroxyl groups is 1. The largest absolute Gasteiger partial charge is 0.481 e. The monoisotopic (exact) mass is 929 g/mol. The van der Waals surface area contributed by atoms with Crippen LogP contribution in [0.5, 0.6) is 0 Å². The molecule has 10 amide bonds. The van der Waals surface area contributed by atoms with Crippen molar-refractivity contribution in [3.8, 4) is 0 Å². The lowest BCUT2D eigenvalue weighted by Gasteiger charge is -2.30. The van der Waals surface area contributed by atoms with Crippen molar-refractivity contribution in [3.05, 3.63) is 0 Å². The van der Waals surface area contributed by atoms with Crippen molar-refractivity contribution in [2.45, 2.75) is 109 Å². The Bertz CT molecular complexity index is 1810. The van der Waals surface area contributed by atoms with Gasteiger partial charge in [-0.3, -0.25) is 62.3 Å². The Balaban J connectivity index is 3.11. The number of aliphatic hydroxyl groups excluding tert-OH is 1. The number of amides is 10. The van der Waals surface area contributed by atoms with Gasteiger partial charge in [0.1, 0.15) is 42.8 Å². The molecule has 0 aromatic heterocycles. The second kappa shape index (κ2) is 27.3. The van der Waals surface area contributed by atoms with Gasteiger partial charge in [-0.1, -0.05) is 27.7 Å². The van der Waals surface area contributed by atoms with Crippen molar-refractivity contribution < 1.29 is 82.8 Å². The zero-order chi connectivity index (χ0) is 49.7. The van der Waals surface area contributed by atoms with Gasteiger partial charge < -0.3 is 79.3 Å². The maximum Gasteiger partial charge on any atom is 0.322 e. The molecule has 0 aliphatic carbocycles. The molecule has 1 rings (SSSR count). The number of carboxylic acids is 3. The first-order chi connectivity index (χ1) is 30.3. The number of hydrogen-bond acceptors (Lipinski definition) is 15. The highest BCUT2D eigenvalue weighted by atomic mass is 16.4. The lowest BCUT2D eigenvalue weighted by Crippen LogP contribution is -2.58. The quantitative estimate of drug-likeness (QED) is 0.0347. The fourth-order valence-electron chi connectivity index (χ4n) is 6.11. The molecular weight excluding hydrogens is 870 g/mol. The number of primary amides is 1. The van der Waals surface area contributed by atoms with E-state index in [2.05, 4.69) is 42.5 Å². The normalized spacial score (nSPS) is 16.6. The van der Waals surface area contributed by atoms with E-state index in [1.165, 1.54) is 13.8 Å². The van der Waals surface area contributed by atoms with Gasteiger partial charge in [0.05, 0.1) is 32.2 Å². The number of rotatable bonds is 28. The molecule has 0 aromatic rings. The molecule has 0 radical (unpaired) electrons. The van der Waals surface area contributed by atoms with E-state index in [4.69, 9.17) is 16.6 Å². The molecule has 0 unspecified atom stereocenters. The number of aliphatic carboxylic acids is 3. The summed E-state index contributed by atoms with van der Waals surface area (Å²) in [6, 6.07) is -8.88. The minimum atomic E-state index is -1.73. The lowest BCUT2D eigenvalue weighted by molar-refractivity contribution is -0.143. The van der Waals surface area contributed by atoms with Crippen LogP contribution in [-0.2, 0) is 62.3 Å². The number of nitrogens with zero attached hydrogens (tertiary/aromatic N) is 1. The van der Waals surface area contributed by atoms with Crippen LogP contribution in [0, 0.1) is 11.8 Å². The number of carboxylic acid groups (broad SMARTS) is 3. The summed E-state index contributed by atoms with van der Waals surface area (Å²) in [6.07, 6.45) is -4.72. The molecule has 1 saturated heterocycles. The standard InChI is InChI=1S/C37H59N11O17/c1-16(2)30(46-24(51)11-38)36(64)45-21(10-23(39)50)33(61)41-12-25(52)43-20(6-8-28(56)57)34(62)44-19(5-7-27(54)55)32(60)40-13-26(53)47-31(17(3)4)37(65)48-15-18(49)9-22(48)35(63)42-14-29(58)59/h16-22,30-31,49H,5-15,38H2,1-4H3,(H2,39,50)(H,40,60)(H,41,61)(H,42,63)(H,43,52)(H,44,62)(H,45,64)(H,46,51)(H,47,53)(H,54,55)(H,56,57)(H,58,59)/t18-,19+,20+,21+,22+,30+,31+/m1/s1. The van der Waals surface area contributed by atoms with Crippen LogP contribution in [0.1, 0.15) is 66.2 Å². The molecule has 65 heavy (non-hydrogen) atoms. The van der Waals surface area contributed by atoms with Crippen molar-refractivity contribution in [1.82, 2.24) is 47.4 Å². The van der Waals surface area contributed by atoms with Gasteiger partial charge in [0.25, 0.3) is 0 Å². The highest BCUT2D eigenvalue weighted by Gasteiger charge is 2.42. The van der Waals surface area contributed by atoms with Crippen molar-refractivity contribution in [3.63, 3.8) is 0 Å². The summed E-state index contributed by atoms with van der Waals surface area (Å²) >= 11 is 0. The van der Waals surface area contributed by atoms with Crippen LogP contribution in [0.4, 0.5) is 0 Å². The van der Waals surface area contributed by atoms with Crippen LogP contribution in [0.2, 0.25) is 0 Å². The zero-order valence-corrected chi connectivity index (χ0v) is 36.2. The van der Waals surface area contributed by atoms with Gasteiger partial charge in [0.15, 0.2) is 0 Å². The summed E-state index contributed by atoms with van der Waals surface area (Å²) in [7, 11) is 0. The molecule has 0 saturated carbocycles. The number of β-amino-alcohol motifs (C(OH)–C–C–N with tert-alkyl or cyclic N) is 1. The third kappa shape index (κ3) is 20.4. The second-order valence-electron chi connectivity index (χ2n) is 15.5. The third-order valence-electron chi connectivity index (χ3n) is 9.44. The molecular formula is C37H59N11O17. The van der Waals surface area contributed by atoms with Gasteiger partial charge in [-0.25, -0.2) is 0 Å². The maximum atomic E-state index is 13.5. The molecule has 28 heteroatoms. The Morgan fingerprint density at radius 3 is 1.54 bits per heavy atom. The van der Waals surface area contributed by atoms with Crippen molar-refractivity contribution in [2.75, 3.05) is 32.7 Å². The van der Waals surface area contributed by atoms with Crippen LogP contribution < -0.4 is 54.0 Å². The Morgan fingerprint density at radius 1 is 0.585 bits per heavy atom. The van der Waals surface area contributed by atoms with E-state index < -0.39 is 189 Å². The first kappa shape index (κ1) is 56.0. The number of likely N-dealkylation sites (tertiary alicyclic amines) is 1. The summed E-state index contributed by atoms with van der Waals surface area (Å²) in [4.78, 5) is 163. The van der Waals surface area contributed by atoms with Gasteiger partial charge in [-0.15, -0.1) is 0 Å². The summed E-state index contributed by atoms with van der Waals surface area (Å²) in [6.45, 7) is 2.91. The predicted octanol–water partition coefficient (Wildman–Crippen LogP) is -7.32. The minimum Gasteiger partial charge on any atom is -0.481 e. The number of hydrogen-bond donors (Lipinski definition) is 14. The Labute approximate surface area is 371 Å². The van der Waals surface area contributed by atoms with Crippen molar-refractivity contribution in [2.24, 2.45) is 23.3 Å². The first-order valence-corrected chi connectivity index (χ1v) is 20.2. The van der Waals surface area contributed by atoms with Crippen molar-refractivity contribution >= 4 is 77.0 Å². The van der Waals surface area contributed by atoms with Crippen LogP contribution in [0.25, 0.3) is 0 Å². The molecule has 1 heterocycles. The Morgan fingerprint density at radius 2 is 1.06 bits per heavy atom. The highest BCUT2D eigenvalue weighted by Crippen LogP contribution is 2.21. The molecule has 0 spiro atoms. The van der Waals surface area contributed by atoms with E-state index in [1.54, 1.807) is 13.8 Å². The smallest absolute Gasteiger partial charge is 0.322 e. The van der Waals surface area contributed by atoms with Gasteiger partial charge in [-0.05, 0) is 24.7 Å².